The summed E-state index contributed by atoms with van der Waals surface area (Å²) >= 11 is 10.8. The van der Waals surface area contributed by atoms with Crippen molar-refractivity contribution in [3.8, 4) is 0 Å². The fourth-order valence-corrected chi connectivity index (χ4v) is 4.62. The SMILES string of the molecule is O=S(=O)(NCCSc1ccccc1)c1ccc(Br)cc1Cl. The molecular weight excluding hydrogens is 394 g/mol. The summed E-state index contributed by atoms with van der Waals surface area (Å²) in [4.78, 5) is 1.20. The van der Waals surface area contributed by atoms with E-state index in [4.69, 9.17) is 11.6 Å². The Balaban J connectivity index is 1.92. The van der Waals surface area contributed by atoms with Crippen LogP contribution in [-0.4, -0.2) is 20.7 Å². The van der Waals surface area contributed by atoms with Gasteiger partial charge in [-0.3, -0.25) is 0 Å². The lowest BCUT2D eigenvalue weighted by Crippen LogP contribution is -2.26. The van der Waals surface area contributed by atoms with Gasteiger partial charge in [0.05, 0.1) is 5.02 Å². The lowest BCUT2D eigenvalue weighted by Gasteiger charge is -2.08. The van der Waals surface area contributed by atoms with Gasteiger partial charge in [-0.1, -0.05) is 45.7 Å². The van der Waals surface area contributed by atoms with E-state index in [9.17, 15) is 8.42 Å². The van der Waals surface area contributed by atoms with E-state index in [1.165, 1.54) is 6.07 Å². The van der Waals surface area contributed by atoms with E-state index in [1.54, 1.807) is 23.9 Å². The first-order valence-electron chi connectivity index (χ1n) is 6.11. The molecule has 2 aromatic rings. The summed E-state index contributed by atoms with van der Waals surface area (Å²) in [6.45, 7) is 0.342. The molecule has 112 valence electrons. The number of halogens is 2. The smallest absolute Gasteiger partial charge is 0.210 e. The maximum absolute atomic E-state index is 12.2. The molecule has 0 bridgehead atoms. The average molecular weight is 407 g/mol. The van der Waals surface area contributed by atoms with Crippen LogP contribution in [0.15, 0.2) is 62.8 Å². The molecule has 0 saturated heterocycles. The Morgan fingerprint density at radius 1 is 1.14 bits per heavy atom. The number of nitrogens with one attached hydrogen (secondary N) is 1. The predicted molar refractivity (Wildman–Crippen MR) is 91.5 cm³/mol. The molecule has 0 atom stereocenters. The van der Waals surface area contributed by atoms with E-state index < -0.39 is 10.0 Å². The van der Waals surface area contributed by atoms with Crippen molar-refractivity contribution in [2.45, 2.75) is 9.79 Å². The van der Waals surface area contributed by atoms with Gasteiger partial charge in [-0.05, 0) is 30.3 Å². The Bertz CT molecular complexity index is 708. The third-order valence-corrected chi connectivity index (χ3v) is 6.04. The molecule has 0 saturated carbocycles. The first-order valence-corrected chi connectivity index (χ1v) is 9.75. The predicted octanol–water partition coefficient (Wildman–Crippen LogP) is 4.17. The molecule has 7 heteroatoms. The molecule has 0 radical (unpaired) electrons. The highest BCUT2D eigenvalue weighted by Gasteiger charge is 2.17. The van der Waals surface area contributed by atoms with Gasteiger partial charge in [0.25, 0.3) is 0 Å². The van der Waals surface area contributed by atoms with Gasteiger partial charge >= 0.3 is 0 Å². The van der Waals surface area contributed by atoms with E-state index >= 15 is 0 Å². The van der Waals surface area contributed by atoms with Gasteiger partial charge < -0.3 is 0 Å². The molecule has 2 aromatic carbocycles. The Morgan fingerprint density at radius 2 is 1.86 bits per heavy atom. The van der Waals surface area contributed by atoms with Crippen LogP contribution < -0.4 is 4.72 Å². The van der Waals surface area contributed by atoms with Crippen LogP contribution >= 0.6 is 39.3 Å². The maximum Gasteiger partial charge on any atom is 0.242 e. The van der Waals surface area contributed by atoms with Gasteiger partial charge in [-0.25, -0.2) is 13.1 Å². The highest BCUT2D eigenvalue weighted by atomic mass is 79.9. The van der Waals surface area contributed by atoms with E-state index in [1.807, 2.05) is 30.3 Å². The van der Waals surface area contributed by atoms with Gasteiger partial charge in [-0.15, -0.1) is 11.8 Å². The first-order chi connectivity index (χ1) is 9.99. The normalized spacial score (nSPS) is 11.5. The fraction of sp³-hybridized carbons (Fsp3) is 0.143. The van der Waals surface area contributed by atoms with Crippen molar-refractivity contribution in [1.29, 1.82) is 0 Å². The maximum atomic E-state index is 12.2. The summed E-state index contributed by atoms with van der Waals surface area (Å²) in [5, 5.41) is 0.201. The summed E-state index contributed by atoms with van der Waals surface area (Å²) in [7, 11) is -3.58. The molecule has 0 unspecified atom stereocenters. The summed E-state index contributed by atoms with van der Waals surface area (Å²) in [5.41, 5.74) is 0. The molecule has 0 amide bonds. The number of sulfonamides is 1. The van der Waals surface area contributed by atoms with Crippen LogP contribution in [0.5, 0.6) is 0 Å². The van der Waals surface area contributed by atoms with Crippen LogP contribution in [0.3, 0.4) is 0 Å². The Labute approximate surface area is 142 Å². The zero-order chi connectivity index (χ0) is 15.3. The molecule has 0 aliphatic carbocycles. The topological polar surface area (TPSA) is 46.2 Å². The van der Waals surface area contributed by atoms with E-state index in [0.717, 1.165) is 9.37 Å². The van der Waals surface area contributed by atoms with Crippen molar-refractivity contribution in [1.82, 2.24) is 4.72 Å². The molecule has 2 rings (SSSR count). The van der Waals surface area contributed by atoms with Crippen molar-refractivity contribution in [2.75, 3.05) is 12.3 Å². The van der Waals surface area contributed by atoms with Crippen molar-refractivity contribution in [2.24, 2.45) is 0 Å². The lowest BCUT2D eigenvalue weighted by atomic mass is 10.4. The Kier molecular flexibility index (Phi) is 6.13. The van der Waals surface area contributed by atoms with Crippen molar-refractivity contribution < 1.29 is 8.42 Å². The van der Waals surface area contributed by atoms with Crippen molar-refractivity contribution >= 4 is 49.3 Å². The molecule has 0 aromatic heterocycles. The van der Waals surface area contributed by atoms with Crippen molar-refractivity contribution in [3.05, 3.63) is 58.0 Å². The summed E-state index contributed by atoms with van der Waals surface area (Å²) in [6.07, 6.45) is 0. The molecule has 0 fully saturated rings. The van der Waals surface area contributed by atoms with Crippen molar-refractivity contribution in [3.63, 3.8) is 0 Å². The monoisotopic (exact) mass is 405 g/mol. The Morgan fingerprint density at radius 3 is 2.52 bits per heavy atom. The third-order valence-electron chi connectivity index (χ3n) is 2.59. The van der Waals surface area contributed by atoms with Gasteiger partial charge in [0.15, 0.2) is 0 Å². The molecule has 0 aliphatic heterocycles. The molecule has 0 spiro atoms. The largest absolute Gasteiger partial charge is 0.242 e. The second-order valence-corrected chi connectivity index (χ2v) is 8.36. The van der Waals surface area contributed by atoms with E-state index in [0.29, 0.717) is 12.3 Å². The van der Waals surface area contributed by atoms with Crippen LogP contribution in [0.25, 0.3) is 0 Å². The molecule has 3 nitrogen and oxygen atoms in total. The van der Waals surface area contributed by atoms with Gasteiger partial charge in [-0.2, -0.15) is 0 Å². The van der Waals surface area contributed by atoms with Gasteiger partial charge in [0.2, 0.25) is 10.0 Å². The lowest BCUT2D eigenvalue weighted by molar-refractivity contribution is 0.584. The minimum atomic E-state index is -3.58. The minimum Gasteiger partial charge on any atom is -0.210 e. The molecule has 0 heterocycles. The number of hydrogen-bond acceptors (Lipinski definition) is 3. The van der Waals surface area contributed by atoms with E-state index in [-0.39, 0.29) is 9.92 Å². The first kappa shape index (κ1) is 16.8. The highest BCUT2D eigenvalue weighted by molar-refractivity contribution is 9.10. The second kappa shape index (κ2) is 7.65. The highest BCUT2D eigenvalue weighted by Crippen LogP contribution is 2.25. The quantitative estimate of drug-likeness (QED) is 0.578. The number of hydrogen-bond donors (Lipinski definition) is 1. The number of benzene rings is 2. The minimum absolute atomic E-state index is 0.0945. The van der Waals surface area contributed by atoms with Crippen LogP contribution in [0.2, 0.25) is 5.02 Å². The summed E-state index contributed by atoms with van der Waals surface area (Å²) in [5.74, 6) is 0.650. The molecule has 1 N–H and O–H groups in total. The standard InChI is InChI=1S/C14H13BrClNO2S2/c15-11-6-7-14(13(16)10-11)21(18,19)17-8-9-20-12-4-2-1-3-5-12/h1-7,10,17H,8-9H2. The van der Waals surface area contributed by atoms with Crippen LogP contribution in [0.1, 0.15) is 0 Å². The van der Waals surface area contributed by atoms with E-state index in [2.05, 4.69) is 20.7 Å². The van der Waals surface area contributed by atoms with Crippen LogP contribution in [0, 0.1) is 0 Å². The molecular formula is C14H13BrClNO2S2. The Hall–Kier alpha value is -0.530. The molecule has 21 heavy (non-hydrogen) atoms. The summed E-state index contributed by atoms with van der Waals surface area (Å²) in [6, 6.07) is 14.5. The second-order valence-electron chi connectivity index (χ2n) is 4.13. The van der Waals surface area contributed by atoms with Crippen LogP contribution in [0.4, 0.5) is 0 Å². The average Bonchev–Trinajstić information content (AvgIpc) is 2.44. The van der Waals surface area contributed by atoms with Gasteiger partial charge in [0.1, 0.15) is 4.90 Å². The van der Waals surface area contributed by atoms with Crippen LogP contribution in [-0.2, 0) is 10.0 Å². The zero-order valence-electron chi connectivity index (χ0n) is 10.9. The number of thioether (sulfide) groups is 1. The fourth-order valence-electron chi connectivity index (χ4n) is 1.63. The molecule has 0 aliphatic rings. The third kappa shape index (κ3) is 5.00. The zero-order valence-corrected chi connectivity index (χ0v) is 14.9. The summed E-state index contributed by atoms with van der Waals surface area (Å²) < 4.78 is 27.6. The number of rotatable bonds is 6. The van der Waals surface area contributed by atoms with Gasteiger partial charge in [0, 0.05) is 21.7 Å².